The molecule has 0 atom stereocenters. The molecular formula is C18H20ClNO3S. The van der Waals surface area contributed by atoms with Gasteiger partial charge in [0.15, 0.2) is 9.84 Å². The Morgan fingerprint density at radius 1 is 1.08 bits per heavy atom. The molecule has 0 saturated heterocycles. The third-order valence-electron chi connectivity index (χ3n) is 3.83. The van der Waals surface area contributed by atoms with E-state index in [1.54, 1.807) is 0 Å². The van der Waals surface area contributed by atoms with E-state index in [-0.39, 0.29) is 21.4 Å². The van der Waals surface area contributed by atoms with Crippen molar-refractivity contribution in [1.29, 1.82) is 0 Å². The summed E-state index contributed by atoms with van der Waals surface area (Å²) < 4.78 is 23.5. The lowest BCUT2D eigenvalue weighted by Crippen LogP contribution is -2.15. The van der Waals surface area contributed by atoms with Crippen LogP contribution in [0, 0.1) is 0 Å². The molecule has 0 heterocycles. The third kappa shape index (κ3) is 3.97. The minimum atomic E-state index is -3.50. The number of nitrogens with one attached hydrogen (secondary N) is 1. The lowest BCUT2D eigenvalue weighted by Gasteiger charge is -2.15. The largest absolute Gasteiger partial charge is 0.321 e. The topological polar surface area (TPSA) is 63.2 Å². The van der Waals surface area contributed by atoms with E-state index in [9.17, 15) is 13.2 Å². The van der Waals surface area contributed by atoms with Crippen molar-refractivity contribution < 1.29 is 13.2 Å². The Labute approximate surface area is 147 Å². The van der Waals surface area contributed by atoms with Crippen molar-refractivity contribution in [1.82, 2.24) is 0 Å². The van der Waals surface area contributed by atoms with Gasteiger partial charge in [0, 0.05) is 17.5 Å². The van der Waals surface area contributed by atoms with Gasteiger partial charge in [-0.05, 0) is 42.2 Å². The van der Waals surface area contributed by atoms with Crippen LogP contribution in [0.4, 0.5) is 5.69 Å². The summed E-state index contributed by atoms with van der Waals surface area (Å²) in [5, 5.41) is 3.03. The maximum Gasteiger partial charge on any atom is 0.255 e. The number of sulfone groups is 1. The summed E-state index contributed by atoms with van der Waals surface area (Å²) in [7, 11) is -3.50. The van der Waals surface area contributed by atoms with Gasteiger partial charge in [0.2, 0.25) is 0 Å². The van der Waals surface area contributed by atoms with E-state index in [1.807, 2.05) is 32.0 Å². The van der Waals surface area contributed by atoms with E-state index < -0.39 is 9.84 Å². The second kappa shape index (κ2) is 7.36. The Morgan fingerprint density at radius 2 is 1.67 bits per heavy atom. The van der Waals surface area contributed by atoms with Crippen LogP contribution in [0.15, 0.2) is 41.3 Å². The fourth-order valence-corrected chi connectivity index (χ4v) is 3.82. The molecular weight excluding hydrogens is 346 g/mol. The summed E-state index contributed by atoms with van der Waals surface area (Å²) in [6.45, 7) is 4.04. The first-order valence-corrected chi connectivity index (χ1v) is 9.96. The summed E-state index contributed by atoms with van der Waals surface area (Å²) in [5.41, 5.74) is 3.14. The predicted molar refractivity (Wildman–Crippen MR) is 97.7 cm³/mol. The quantitative estimate of drug-likeness (QED) is 0.866. The van der Waals surface area contributed by atoms with Crippen LogP contribution in [0.1, 0.15) is 35.3 Å². The van der Waals surface area contributed by atoms with Crippen LogP contribution >= 0.6 is 11.6 Å². The first kappa shape index (κ1) is 18.5. The highest BCUT2D eigenvalue weighted by atomic mass is 35.5. The van der Waals surface area contributed by atoms with Crippen LogP contribution in [0.2, 0.25) is 5.02 Å². The van der Waals surface area contributed by atoms with Crippen molar-refractivity contribution in [2.45, 2.75) is 31.6 Å². The molecule has 2 rings (SSSR count). The molecule has 24 heavy (non-hydrogen) atoms. The van der Waals surface area contributed by atoms with Gasteiger partial charge in [-0.15, -0.1) is 0 Å². The third-order valence-corrected chi connectivity index (χ3v) is 5.41. The number of hydrogen-bond acceptors (Lipinski definition) is 3. The average Bonchev–Trinajstić information content (AvgIpc) is 2.54. The van der Waals surface area contributed by atoms with Gasteiger partial charge < -0.3 is 5.32 Å². The minimum Gasteiger partial charge on any atom is -0.321 e. The molecule has 0 radical (unpaired) electrons. The smallest absolute Gasteiger partial charge is 0.255 e. The Kier molecular flexibility index (Phi) is 5.67. The van der Waals surface area contributed by atoms with E-state index in [0.29, 0.717) is 0 Å². The summed E-state index contributed by atoms with van der Waals surface area (Å²) in [6, 6.07) is 10.2. The molecule has 2 aromatic rings. The number of carbonyl (C=O) groups excluding carboxylic acids is 1. The first-order valence-electron chi connectivity index (χ1n) is 7.69. The summed E-state index contributed by atoms with van der Waals surface area (Å²) >= 11 is 5.93. The zero-order chi connectivity index (χ0) is 17.9. The summed E-state index contributed by atoms with van der Waals surface area (Å²) in [6.07, 6.45) is 2.65. The normalized spacial score (nSPS) is 11.3. The maximum atomic E-state index is 12.6. The van der Waals surface area contributed by atoms with Gasteiger partial charge in [0.05, 0.1) is 9.92 Å². The van der Waals surface area contributed by atoms with E-state index in [1.165, 1.54) is 18.2 Å². The molecule has 2 aromatic carbocycles. The van der Waals surface area contributed by atoms with Gasteiger partial charge in [-0.1, -0.05) is 43.6 Å². The molecule has 4 nitrogen and oxygen atoms in total. The van der Waals surface area contributed by atoms with Crippen LogP contribution < -0.4 is 5.32 Å². The molecule has 0 aromatic heterocycles. The minimum absolute atomic E-state index is 0.0451. The number of hydrogen-bond donors (Lipinski definition) is 1. The van der Waals surface area contributed by atoms with E-state index in [2.05, 4.69) is 5.32 Å². The van der Waals surface area contributed by atoms with E-state index in [0.717, 1.165) is 35.9 Å². The monoisotopic (exact) mass is 365 g/mol. The van der Waals surface area contributed by atoms with Crippen molar-refractivity contribution in [2.24, 2.45) is 0 Å². The molecule has 0 bridgehead atoms. The molecule has 6 heteroatoms. The highest BCUT2D eigenvalue weighted by Crippen LogP contribution is 2.26. The molecule has 0 unspecified atom stereocenters. The summed E-state index contributed by atoms with van der Waals surface area (Å²) in [4.78, 5) is 12.5. The van der Waals surface area contributed by atoms with Crippen LogP contribution in [0.3, 0.4) is 0 Å². The SMILES string of the molecule is CCc1cccc(CC)c1NC(=O)c1ccc(Cl)c(S(C)(=O)=O)c1. The average molecular weight is 366 g/mol. The first-order chi connectivity index (χ1) is 11.3. The van der Waals surface area contributed by atoms with Crippen molar-refractivity contribution >= 4 is 33.0 Å². The van der Waals surface area contributed by atoms with Gasteiger partial charge >= 0.3 is 0 Å². The van der Waals surface area contributed by atoms with Gasteiger partial charge in [-0.2, -0.15) is 0 Å². The molecule has 1 N–H and O–H groups in total. The molecule has 128 valence electrons. The molecule has 0 aliphatic heterocycles. The fraction of sp³-hybridized carbons (Fsp3) is 0.278. The molecule has 1 amide bonds. The lowest BCUT2D eigenvalue weighted by molar-refractivity contribution is 0.102. The molecule has 0 aliphatic rings. The number of anilines is 1. The Hall–Kier alpha value is -1.85. The van der Waals surface area contributed by atoms with Gasteiger partial charge in [0.1, 0.15) is 0 Å². The molecule has 0 spiro atoms. The zero-order valence-corrected chi connectivity index (χ0v) is 15.5. The number of carbonyl (C=O) groups is 1. The van der Waals surface area contributed by atoms with Crippen molar-refractivity contribution in [3.8, 4) is 0 Å². The number of rotatable bonds is 5. The van der Waals surface area contributed by atoms with E-state index >= 15 is 0 Å². The second-order valence-corrected chi connectivity index (χ2v) is 7.92. The number of benzene rings is 2. The van der Waals surface area contributed by atoms with Crippen molar-refractivity contribution in [2.75, 3.05) is 11.6 Å². The number of halogens is 1. The van der Waals surface area contributed by atoms with Gasteiger partial charge in [-0.25, -0.2) is 8.42 Å². The molecule has 0 fully saturated rings. The number of para-hydroxylation sites is 1. The van der Waals surface area contributed by atoms with Gasteiger partial charge in [-0.3, -0.25) is 4.79 Å². The highest BCUT2D eigenvalue weighted by molar-refractivity contribution is 7.90. The zero-order valence-electron chi connectivity index (χ0n) is 13.9. The van der Waals surface area contributed by atoms with E-state index in [4.69, 9.17) is 11.6 Å². The Balaban J connectivity index is 2.42. The number of aryl methyl sites for hydroxylation is 2. The maximum absolute atomic E-state index is 12.6. The Morgan fingerprint density at radius 3 is 2.17 bits per heavy atom. The van der Waals surface area contributed by atoms with Crippen LogP contribution in [0.5, 0.6) is 0 Å². The highest BCUT2D eigenvalue weighted by Gasteiger charge is 2.17. The van der Waals surface area contributed by atoms with Crippen molar-refractivity contribution in [3.05, 3.63) is 58.1 Å². The molecule has 0 aliphatic carbocycles. The standard InChI is InChI=1S/C18H20ClNO3S/c1-4-12-7-6-8-13(5-2)17(12)20-18(21)14-9-10-15(19)16(11-14)24(3,22)23/h6-11H,4-5H2,1-3H3,(H,20,21). The lowest BCUT2D eigenvalue weighted by atomic mass is 10.0. The Bertz CT molecular complexity index is 854. The van der Waals surface area contributed by atoms with Crippen molar-refractivity contribution in [3.63, 3.8) is 0 Å². The molecule has 0 saturated carbocycles. The number of amides is 1. The van der Waals surface area contributed by atoms with Gasteiger partial charge in [0.25, 0.3) is 5.91 Å². The van der Waals surface area contributed by atoms with Crippen LogP contribution in [-0.2, 0) is 22.7 Å². The fourth-order valence-electron chi connectivity index (χ4n) is 2.52. The predicted octanol–water partition coefficient (Wildman–Crippen LogP) is 4.12. The second-order valence-electron chi connectivity index (χ2n) is 5.53. The van der Waals surface area contributed by atoms with Crippen LogP contribution in [-0.4, -0.2) is 20.6 Å². The van der Waals surface area contributed by atoms with Crippen LogP contribution in [0.25, 0.3) is 0 Å². The summed E-state index contributed by atoms with van der Waals surface area (Å²) in [5.74, 6) is -0.354.